The molecule has 10 nitrogen and oxygen atoms in total. The molecule has 9 N–H and O–H groups in total. The molecule has 1 aliphatic rings. The highest BCUT2D eigenvalue weighted by Gasteiger charge is 2.44. The summed E-state index contributed by atoms with van der Waals surface area (Å²) < 4.78 is 5.77. The molecule has 0 aromatic rings. The zero-order valence-electron chi connectivity index (χ0n) is 28.0. The first-order valence-corrected chi connectivity index (χ1v) is 16.7. The van der Waals surface area contributed by atoms with Gasteiger partial charge in [0.25, 0.3) is 0 Å². The van der Waals surface area contributed by atoms with E-state index in [1.165, 1.54) is 6.08 Å². The number of aliphatic hydroxyl groups excluding tert-OH is 9. The van der Waals surface area contributed by atoms with Gasteiger partial charge in [0.15, 0.2) is 0 Å². The van der Waals surface area contributed by atoms with E-state index in [-0.39, 0.29) is 31.8 Å². The molecule has 0 radical (unpaired) electrons. The lowest BCUT2D eigenvalue weighted by Gasteiger charge is -2.41. The number of hydrogen-bond acceptors (Lipinski definition) is 10. The van der Waals surface area contributed by atoms with E-state index in [4.69, 9.17) is 9.84 Å². The summed E-state index contributed by atoms with van der Waals surface area (Å²) in [5, 5.41) is 92.7. The molecule has 1 rings (SSSR count). The summed E-state index contributed by atoms with van der Waals surface area (Å²) in [5.41, 5.74) is 0.623. The summed E-state index contributed by atoms with van der Waals surface area (Å²) in [6.07, 6.45) is 14.2. The maximum atomic E-state index is 10.8. The fraction of sp³-hybridized carbons (Fsp3) is 0.622. The van der Waals surface area contributed by atoms with E-state index >= 15 is 0 Å². The molecule has 1 aliphatic heterocycles. The van der Waals surface area contributed by atoms with Crippen LogP contribution in [0.2, 0.25) is 0 Å². The van der Waals surface area contributed by atoms with Crippen LogP contribution in [0.1, 0.15) is 71.6 Å². The number of hydrogen-bond donors (Lipinski definition) is 9. The van der Waals surface area contributed by atoms with E-state index in [0.717, 1.165) is 19.3 Å². The van der Waals surface area contributed by atoms with Crippen molar-refractivity contribution in [3.63, 3.8) is 0 Å². The van der Waals surface area contributed by atoms with Gasteiger partial charge in [0.1, 0.15) is 24.4 Å². The molecule has 47 heavy (non-hydrogen) atoms. The molecule has 0 unspecified atom stereocenters. The van der Waals surface area contributed by atoms with Gasteiger partial charge in [-0.25, -0.2) is 0 Å². The van der Waals surface area contributed by atoms with Crippen LogP contribution in [-0.4, -0.2) is 114 Å². The van der Waals surface area contributed by atoms with Crippen molar-refractivity contribution in [2.45, 2.75) is 133 Å². The van der Waals surface area contributed by atoms with Crippen molar-refractivity contribution < 1.29 is 50.7 Å². The highest BCUT2D eigenvalue weighted by molar-refractivity contribution is 5.12. The Kier molecular flexibility index (Phi) is 22.6. The van der Waals surface area contributed by atoms with Crippen LogP contribution in [0, 0.1) is 5.92 Å². The normalized spacial score (nSPS) is 26.0. The van der Waals surface area contributed by atoms with Crippen molar-refractivity contribution in [1.29, 1.82) is 0 Å². The van der Waals surface area contributed by atoms with Gasteiger partial charge in [-0.1, -0.05) is 92.0 Å². The second kappa shape index (κ2) is 24.9. The monoisotopic (exact) mass is 664 g/mol. The summed E-state index contributed by atoms with van der Waals surface area (Å²) >= 11 is 0. The molecule has 1 heterocycles. The van der Waals surface area contributed by atoms with Gasteiger partial charge in [0.05, 0.1) is 36.6 Å². The lowest BCUT2D eigenvalue weighted by molar-refractivity contribution is -0.222. The fourth-order valence-electron chi connectivity index (χ4n) is 5.20. The molecule has 0 saturated carbocycles. The van der Waals surface area contributed by atoms with E-state index in [9.17, 15) is 40.9 Å². The van der Waals surface area contributed by atoms with Gasteiger partial charge in [-0.05, 0) is 57.8 Å². The Bertz CT molecular complexity index is 1020. The number of rotatable bonds is 23. The molecule has 1 fully saturated rings. The second-order valence-corrected chi connectivity index (χ2v) is 12.4. The third-order valence-corrected chi connectivity index (χ3v) is 8.22. The second-order valence-electron chi connectivity index (χ2n) is 12.4. The van der Waals surface area contributed by atoms with Gasteiger partial charge in [-0.3, -0.25) is 0 Å². The number of allylic oxidation sites excluding steroid dienone is 11. The van der Waals surface area contributed by atoms with Crippen molar-refractivity contribution in [2.75, 3.05) is 6.61 Å². The third kappa shape index (κ3) is 17.7. The molecular formula is C37H60O10. The molecule has 0 spiro atoms. The SMILES string of the molecule is C=C/C=C/CC/C=C/C=C/C=C/CC/C=C/[C@@H](O)[C@H]1C[C@@H](O)[C@@H](O)[C@H]([C@@H](O)[C@H](O)/C=C(\C)CC[C@H](O)C[C@H](O)[C@H](O)[C@@H](C)CCO)O1. The van der Waals surface area contributed by atoms with Crippen LogP contribution in [0.15, 0.2) is 85.1 Å². The van der Waals surface area contributed by atoms with Gasteiger partial charge in [-0.2, -0.15) is 0 Å². The molecule has 10 heteroatoms. The third-order valence-electron chi connectivity index (χ3n) is 8.22. The van der Waals surface area contributed by atoms with E-state index < -0.39 is 61.0 Å². The van der Waals surface area contributed by atoms with Gasteiger partial charge in [0, 0.05) is 19.4 Å². The van der Waals surface area contributed by atoms with Gasteiger partial charge < -0.3 is 50.7 Å². The van der Waals surface area contributed by atoms with Crippen LogP contribution in [0.3, 0.4) is 0 Å². The maximum absolute atomic E-state index is 10.8. The number of ether oxygens (including phenoxy) is 1. The van der Waals surface area contributed by atoms with E-state index in [1.54, 1.807) is 32.1 Å². The Morgan fingerprint density at radius 3 is 2.04 bits per heavy atom. The summed E-state index contributed by atoms with van der Waals surface area (Å²) in [6.45, 7) is 6.91. The first-order chi connectivity index (χ1) is 22.4. The molecule has 0 bridgehead atoms. The van der Waals surface area contributed by atoms with Crippen LogP contribution in [0.5, 0.6) is 0 Å². The summed E-state index contributed by atoms with van der Waals surface area (Å²) in [7, 11) is 0. The van der Waals surface area contributed by atoms with Gasteiger partial charge in [-0.15, -0.1) is 0 Å². The van der Waals surface area contributed by atoms with Gasteiger partial charge in [0.2, 0.25) is 0 Å². The predicted octanol–water partition coefficient (Wildman–Crippen LogP) is 2.69. The van der Waals surface area contributed by atoms with Crippen molar-refractivity contribution in [2.24, 2.45) is 5.92 Å². The number of unbranched alkanes of at least 4 members (excludes halogenated alkanes) is 2. The molecule has 0 aliphatic carbocycles. The zero-order chi connectivity index (χ0) is 35.2. The minimum absolute atomic E-state index is 0.0547. The Balaban J connectivity index is 2.56. The van der Waals surface area contributed by atoms with Crippen LogP contribution < -0.4 is 0 Å². The van der Waals surface area contributed by atoms with Crippen LogP contribution in [0.4, 0.5) is 0 Å². The lowest BCUT2D eigenvalue weighted by atomic mass is 9.90. The highest BCUT2D eigenvalue weighted by atomic mass is 16.5. The zero-order valence-corrected chi connectivity index (χ0v) is 28.0. The van der Waals surface area contributed by atoms with E-state index in [2.05, 4.69) is 18.7 Å². The molecule has 11 atom stereocenters. The fourth-order valence-corrected chi connectivity index (χ4v) is 5.20. The summed E-state index contributed by atoms with van der Waals surface area (Å²) in [4.78, 5) is 0. The molecule has 0 aromatic carbocycles. The van der Waals surface area contributed by atoms with Crippen molar-refractivity contribution >= 4 is 0 Å². The van der Waals surface area contributed by atoms with Crippen LogP contribution >= 0.6 is 0 Å². The Labute approximate surface area is 280 Å². The Morgan fingerprint density at radius 1 is 0.851 bits per heavy atom. The standard InChI is InChI=1S/C37H60O10/c1-4-5-6-7-8-9-10-11-12-13-14-15-16-17-18-29(40)33-25-32(43)36(46)37(47-33)35(45)30(41)23-26(2)19-20-28(39)24-31(42)34(44)27(3)21-22-38/h4-6,9-14,17-18,23,27-46H,1,7-8,15-16,19-22,24-25H2,2-3H3/b6-5+,10-9+,12-11+,14-13+,18-17+,26-23+/t27-,28-,29+,30+,31-,32+,33+,34+,35-,36+,37-/m0/s1. The largest absolute Gasteiger partial charge is 0.396 e. The smallest absolute Gasteiger partial charge is 0.115 e. The quantitative estimate of drug-likeness (QED) is 0.0446. The molecule has 0 amide bonds. The molecule has 268 valence electrons. The van der Waals surface area contributed by atoms with Crippen molar-refractivity contribution in [3.8, 4) is 0 Å². The van der Waals surface area contributed by atoms with Gasteiger partial charge >= 0.3 is 0 Å². The summed E-state index contributed by atoms with van der Waals surface area (Å²) in [5.74, 6) is -0.331. The Morgan fingerprint density at radius 2 is 1.45 bits per heavy atom. The predicted molar refractivity (Wildman–Crippen MR) is 184 cm³/mol. The van der Waals surface area contributed by atoms with Crippen molar-refractivity contribution in [1.82, 2.24) is 0 Å². The molecular weight excluding hydrogens is 604 g/mol. The van der Waals surface area contributed by atoms with E-state index in [0.29, 0.717) is 24.8 Å². The van der Waals surface area contributed by atoms with E-state index in [1.807, 2.05) is 36.5 Å². The average molecular weight is 665 g/mol. The number of aliphatic hydroxyl groups is 9. The molecule has 1 saturated heterocycles. The molecule has 0 aromatic heterocycles. The average Bonchev–Trinajstić information content (AvgIpc) is 3.04. The minimum atomic E-state index is -1.61. The highest BCUT2D eigenvalue weighted by Crippen LogP contribution is 2.27. The minimum Gasteiger partial charge on any atom is -0.396 e. The summed E-state index contributed by atoms with van der Waals surface area (Å²) in [6, 6.07) is 0. The first kappa shape index (κ1) is 42.8. The van der Waals surface area contributed by atoms with Crippen LogP contribution in [-0.2, 0) is 4.74 Å². The first-order valence-electron chi connectivity index (χ1n) is 16.7. The van der Waals surface area contributed by atoms with Crippen LogP contribution in [0.25, 0.3) is 0 Å². The Hall–Kier alpha value is -2.22. The maximum Gasteiger partial charge on any atom is 0.115 e. The lowest BCUT2D eigenvalue weighted by Crippen LogP contribution is -2.57. The topological polar surface area (TPSA) is 191 Å². The van der Waals surface area contributed by atoms with Crippen molar-refractivity contribution in [3.05, 3.63) is 85.1 Å².